The number of aryl methyl sites for hydroxylation is 2. The van der Waals surface area contributed by atoms with Gasteiger partial charge in [-0.05, 0) is 62.1 Å². The third-order valence-corrected chi connectivity index (χ3v) is 6.80. The molecule has 0 atom stereocenters. The standard InChI is InChI=1S/C27H32N6O/c1-2-23-31-25-26(24-21(30-27(25)28)9-8-15-29-24)33(23)18-5-3-4-10-22(34)19-11-13-20(14-12-19)32-16-6-7-17-32/h8-9,11-15H,2-7,10,16-18H2,1H3,(H2,28,30). The van der Waals surface area contributed by atoms with Crippen molar-refractivity contribution in [1.29, 1.82) is 0 Å². The first kappa shape index (κ1) is 22.3. The van der Waals surface area contributed by atoms with Gasteiger partial charge in [-0.15, -0.1) is 0 Å². The Kier molecular flexibility index (Phi) is 6.43. The van der Waals surface area contributed by atoms with Gasteiger partial charge in [-0.1, -0.05) is 13.3 Å². The molecule has 1 aromatic carbocycles. The maximum Gasteiger partial charge on any atom is 0.162 e. The fourth-order valence-electron chi connectivity index (χ4n) is 4.99. The van der Waals surface area contributed by atoms with Crippen LogP contribution < -0.4 is 10.6 Å². The molecule has 5 rings (SSSR count). The molecule has 0 spiro atoms. The number of pyridine rings is 2. The van der Waals surface area contributed by atoms with Crippen LogP contribution in [0.4, 0.5) is 11.5 Å². The van der Waals surface area contributed by atoms with Crippen LogP contribution in [0.2, 0.25) is 0 Å². The highest BCUT2D eigenvalue weighted by Gasteiger charge is 2.17. The first-order valence-electron chi connectivity index (χ1n) is 12.4. The van der Waals surface area contributed by atoms with Gasteiger partial charge in [-0.25, -0.2) is 9.97 Å². The molecule has 7 nitrogen and oxygen atoms in total. The van der Waals surface area contributed by atoms with Crippen LogP contribution in [0, 0.1) is 0 Å². The summed E-state index contributed by atoms with van der Waals surface area (Å²) in [6.07, 6.45) is 8.51. The second-order valence-electron chi connectivity index (χ2n) is 9.07. The van der Waals surface area contributed by atoms with E-state index in [9.17, 15) is 4.79 Å². The quantitative estimate of drug-likeness (QED) is 0.276. The van der Waals surface area contributed by atoms with Crippen molar-refractivity contribution in [3.8, 4) is 0 Å². The van der Waals surface area contributed by atoms with Crippen molar-refractivity contribution in [2.24, 2.45) is 0 Å². The van der Waals surface area contributed by atoms with Crippen molar-refractivity contribution < 1.29 is 4.79 Å². The lowest BCUT2D eigenvalue weighted by molar-refractivity contribution is 0.0979. The topological polar surface area (TPSA) is 89.9 Å². The van der Waals surface area contributed by atoms with Gasteiger partial charge in [0.1, 0.15) is 22.4 Å². The van der Waals surface area contributed by atoms with Crippen molar-refractivity contribution >= 4 is 39.4 Å². The van der Waals surface area contributed by atoms with Crippen LogP contribution >= 0.6 is 0 Å². The zero-order valence-electron chi connectivity index (χ0n) is 19.8. The summed E-state index contributed by atoms with van der Waals surface area (Å²) in [4.78, 5) is 28.9. The maximum absolute atomic E-state index is 12.7. The van der Waals surface area contributed by atoms with Crippen LogP contribution in [0.5, 0.6) is 0 Å². The minimum atomic E-state index is 0.226. The molecule has 1 aliphatic rings. The number of aromatic nitrogens is 4. The minimum absolute atomic E-state index is 0.226. The van der Waals surface area contributed by atoms with Crippen LogP contribution in [0.15, 0.2) is 42.6 Å². The molecule has 7 heteroatoms. The predicted octanol–water partition coefficient (Wildman–Crippen LogP) is 5.17. The van der Waals surface area contributed by atoms with E-state index in [0.29, 0.717) is 12.2 Å². The molecule has 0 saturated carbocycles. The van der Waals surface area contributed by atoms with E-state index < -0.39 is 0 Å². The second-order valence-corrected chi connectivity index (χ2v) is 9.07. The Morgan fingerprint density at radius 3 is 2.56 bits per heavy atom. The van der Waals surface area contributed by atoms with Gasteiger partial charge >= 0.3 is 0 Å². The Morgan fingerprint density at radius 1 is 1.00 bits per heavy atom. The van der Waals surface area contributed by atoms with Gasteiger partial charge in [-0.3, -0.25) is 9.78 Å². The number of nitrogens with zero attached hydrogens (tertiary/aromatic N) is 5. The highest BCUT2D eigenvalue weighted by Crippen LogP contribution is 2.28. The van der Waals surface area contributed by atoms with Crippen LogP contribution in [0.3, 0.4) is 0 Å². The van der Waals surface area contributed by atoms with E-state index in [2.05, 4.69) is 38.5 Å². The largest absolute Gasteiger partial charge is 0.382 e. The zero-order chi connectivity index (χ0) is 23.5. The number of nitrogens with two attached hydrogens (primary N) is 1. The number of rotatable bonds is 9. The molecule has 1 fully saturated rings. The van der Waals surface area contributed by atoms with Crippen LogP contribution in [-0.4, -0.2) is 38.4 Å². The third kappa shape index (κ3) is 4.34. The number of nitrogen functional groups attached to an aromatic ring is 1. The molecule has 0 bridgehead atoms. The maximum atomic E-state index is 12.7. The molecular weight excluding hydrogens is 424 g/mol. The van der Waals surface area contributed by atoms with Crippen LogP contribution in [-0.2, 0) is 13.0 Å². The number of ketones is 1. The van der Waals surface area contributed by atoms with E-state index in [4.69, 9.17) is 10.7 Å². The summed E-state index contributed by atoms with van der Waals surface area (Å²) in [5, 5.41) is 0. The number of carbonyl (C=O) groups excluding carboxylic acids is 1. The van der Waals surface area contributed by atoms with Gasteiger partial charge in [0.25, 0.3) is 0 Å². The van der Waals surface area contributed by atoms with E-state index in [0.717, 1.165) is 78.8 Å². The highest BCUT2D eigenvalue weighted by atomic mass is 16.1. The summed E-state index contributed by atoms with van der Waals surface area (Å²) >= 11 is 0. The number of imidazole rings is 1. The Morgan fingerprint density at radius 2 is 1.79 bits per heavy atom. The first-order chi connectivity index (χ1) is 16.7. The van der Waals surface area contributed by atoms with Crippen LogP contribution in [0.1, 0.15) is 61.6 Å². The predicted molar refractivity (Wildman–Crippen MR) is 137 cm³/mol. The lowest BCUT2D eigenvalue weighted by atomic mass is 10.0. The Labute approximate surface area is 200 Å². The molecule has 4 heterocycles. The van der Waals surface area contributed by atoms with E-state index in [-0.39, 0.29) is 5.78 Å². The van der Waals surface area contributed by atoms with Crippen molar-refractivity contribution in [2.75, 3.05) is 23.7 Å². The third-order valence-electron chi connectivity index (χ3n) is 6.80. The normalized spacial score (nSPS) is 13.9. The molecule has 4 aromatic rings. The summed E-state index contributed by atoms with van der Waals surface area (Å²) in [5.41, 5.74) is 11.6. The van der Waals surface area contributed by atoms with Crippen molar-refractivity contribution in [3.05, 3.63) is 54.0 Å². The van der Waals surface area contributed by atoms with Gasteiger partial charge in [0, 0.05) is 49.9 Å². The number of fused-ring (bicyclic) bond motifs is 3. The molecule has 3 aromatic heterocycles. The number of unbranched alkanes of at least 4 members (excludes halogenated alkanes) is 2. The SMILES string of the molecule is CCc1nc2c(N)nc3cccnc3c2n1CCCCCC(=O)c1ccc(N2CCCC2)cc1. The number of carbonyl (C=O) groups is 1. The average molecular weight is 457 g/mol. The second kappa shape index (κ2) is 9.79. The molecule has 0 radical (unpaired) electrons. The smallest absolute Gasteiger partial charge is 0.162 e. The fourth-order valence-corrected chi connectivity index (χ4v) is 4.99. The molecule has 34 heavy (non-hydrogen) atoms. The average Bonchev–Trinajstić information content (AvgIpc) is 3.53. The molecule has 0 unspecified atom stereocenters. The highest BCUT2D eigenvalue weighted by molar-refractivity contribution is 6.04. The number of hydrogen-bond donors (Lipinski definition) is 1. The first-order valence-corrected chi connectivity index (χ1v) is 12.4. The number of anilines is 2. The fraction of sp³-hybridized carbons (Fsp3) is 0.407. The molecule has 1 saturated heterocycles. The summed E-state index contributed by atoms with van der Waals surface area (Å²) < 4.78 is 2.24. The zero-order valence-corrected chi connectivity index (χ0v) is 19.8. The van der Waals surface area contributed by atoms with Gasteiger partial charge in [0.15, 0.2) is 11.6 Å². The molecular formula is C27H32N6O. The minimum Gasteiger partial charge on any atom is -0.382 e. The van der Waals surface area contributed by atoms with E-state index in [1.807, 2.05) is 24.3 Å². The molecule has 0 amide bonds. The monoisotopic (exact) mass is 456 g/mol. The summed E-state index contributed by atoms with van der Waals surface area (Å²) in [7, 11) is 0. The number of benzene rings is 1. The molecule has 2 N–H and O–H groups in total. The van der Waals surface area contributed by atoms with E-state index >= 15 is 0 Å². The summed E-state index contributed by atoms with van der Waals surface area (Å²) in [6.45, 7) is 5.17. The van der Waals surface area contributed by atoms with Crippen molar-refractivity contribution in [3.63, 3.8) is 0 Å². The van der Waals surface area contributed by atoms with Crippen molar-refractivity contribution in [1.82, 2.24) is 19.5 Å². The molecule has 1 aliphatic heterocycles. The Balaban J connectivity index is 1.21. The number of hydrogen-bond acceptors (Lipinski definition) is 6. The molecule has 176 valence electrons. The number of Topliss-reactive ketones (excluding diaryl/α,β-unsaturated/α-hetero) is 1. The van der Waals surface area contributed by atoms with E-state index in [1.165, 1.54) is 18.5 Å². The van der Waals surface area contributed by atoms with Gasteiger partial charge < -0.3 is 15.2 Å². The van der Waals surface area contributed by atoms with Crippen LogP contribution in [0.25, 0.3) is 22.1 Å². The lowest BCUT2D eigenvalue weighted by Gasteiger charge is -2.17. The van der Waals surface area contributed by atoms with Gasteiger partial charge in [0.05, 0.1) is 5.52 Å². The Bertz CT molecular complexity index is 1300. The molecule has 0 aliphatic carbocycles. The van der Waals surface area contributed by atoms with Gasteiger partial charge in [-0.2, -0.15) is 0 Å². The van der Waals surface area contributed by atoms with E-state index in [1.54, 1.807) is 6.20 Å². The van der Waals surface area contributed by atoms with Crippen molar-refractivity contribution in [2.45, 2.75) is 58.4 Å². The summed E-state index contributed by atoms with van der Waals surface area (Å²) in [6, 6.07) is 12.0. The van der Waals surface area contributed by atoms with Gasteiger partial charge in [0.2, 0.25) is 0 Å². The lowest BCUT2D eigenvalue weighted by Crippen LogP contribution is -2.17. The Hall–Kier alpha value is -3.48. The summed E-state index contributed by atoms with van der Waals surface area (Å²) in [5.74, 6) is 1.67.